The number of benzene rings is 3. The van der Waals surface area contributed by atoms with Gasteiger partial charge in [0.2, 0.25) is 11.7 Å². The summed E-state index contributed by atoms with van der Waals surface area (Å²) >= 11 is 0. The van der Waals surface area contributed by atoms with Crippen LogP contribution in [-0.2, 0) is 17.9 Å². The van der Waals surface area contributed by atoms with Gasteiger partial charge < -0.3 is 19.1 Å². The first-order valence-electron chi connectivity index (χ1n) is 10.7. The van der Waals surface area contributed by atoms with Gasteiger partial charge in [-0.05, 0) is 30.2 Å². The van der Waals surface area contributed by atoms with Crippen LogP contribution in [0.4, 0.5) is 0 Å². The number of nitrogens with zero attached hydrogens (tertiary/aromatic N) is 1. The summed E-state index contributed by atoms with van der Waals surface area (Å²) in [6.45, 7) is 2.44. The quantitative estimate of drug-likeness (QED) is 0.331. The molecule has 0 N–H and O–H groups in total. The smallest absolute Gasteiger partial charge is 0.233 e. The molecule has 0 aromatic heterocycles. The van der Waals surface area contributed by atoms with Gasteiger partial charge in [-0.25, -0.2) is 0 Å². The molecule has 1 atom stereocenters. The second-order valence-electron chi connectivity index (χ2n) is 7.67. The minimum atomic E-state index is -0.889. The molecule has 6 nitrogen and oxygen atoms in total. The van der Waals surface area contributed by atoms with Gasteiger partial charge in [-0.2, -0.15) is 0 Å². The summed E-state index contributed by atoms with van der Waals surface area (Å²) in [4.78, 5) is 28.6. The van der Waals surface area contributed by atoms with Crippen LogP contribution in [0.2, 0.25) is 0 Å². The molecular weight excluding hydrogens is 418 g/mol. The lowest BCUT2D eigenvalue weighted by Crippen LogP contribution is -2.37. The Morgan fingerprint density at radius 1 is 0.758 bits per heavy atom. The first-order valence-corrected chi connectivity index (χ1v) is 10.7. The van der Waals surface area contributed by atoms with Gasteiger partial charge in [0.25, 0.3) is 0 Å². The van der Waals surface area contributed by atoms with Crippen LogP contribution in [0, 0.1) is 5.92 Å². The fraction of sp³-hybridized carbons (Fsp3) is 0.259. The fourth-order valence-corrected chi connectivity index (χ4v) is 3.68. The van der Waals surface area contributed by atoms with Gasteiger partial charge >= 0.3 is 0 Å². The molecule has 6 heteroatoms. The maximum atomic E-state index is 13.5. The van der Waals surface area contributed by atoms with Crippen LogP contribution >= 0.6 is 0 Å². The highest BCUT2D eigenvalue weighted by atomic mass is 16.5. The number of ketones is 1. The number of hydrogen-bond acceptors (Lipinski definition) is 5. The van der Waals surface area contributed by atoms with E-state index in [-0.39, 0.29) is 11.7 Å². The molecule has 0 saturated carbocycles. The molecule has 0 radical (unpaired) electrons. The number of Topliss-reactive ketones (excluding diaryl/α,β-unsaturated/α-hetero) is 1. The molecule has 0 aliphatic carbocycles. The van der Waals surface area contributed by atoms with Crippen molar-refractivity contribution in [1.82, 2.24) is 4.90 Å². The van der Waals surface area contributed by atoms with E-state index in [1.807, 2.05) is 60.7 Å². The molecule has 0 heterocycles. The van der Waals surface area contributed by atoms with Crippen LogP contribution < -0.4 is 14.2 Å². The van der Waals surface area contributed by atoms with Crippen molar-refractivity contribution in [1.29, 1.82) is 0 Å². The third-order valence-electron chi connectivity index (χ3n) is 5.46. The molecular formula is C27H29NO5. The number of hydrogen-bond donors (Lipinski definition) is 0. The Balaban J connectivity index is 1.89. The molecule has 0 unspecified atom stereocenters. The van der Waals surface area contributed by atoms with Crippen molar-refractivity contribution < 1.29 is 23.8 Å². The Labute approximate surface area is 194 Å². The number of ether oxygens (including phenoxy) is 3. The van der Waals surface area contributed by atoms with Crippen LogP contribution in [0.1, 0.15) is 28.4 Å². The molecule has 3 rings (SSSR count). The molecule has 3 aromatic rings. The van der Waals surface area contributed by atoms with Crippen LogP contribution in [-0.4, -0.2) is 37.9 Å². The number of methoxy groups -OCH3 is 3. The molecule has 33 heavy (non-hydrogen) atoms. The van der Waals surface area contributed by atoms with E-state index in [1.165, 1.54) is 21.3 Å². The van der Waals surface area contributed by atoms with Gasteiger partial charge in [0, 0.05) is 18.7 Å². The normalized spacial score (nSPS) is 11.4. The zero-order valence-corrected chi connectivity index (χ0v) is 19.4. The minimum Gasteiger partial charge on any atom is -0.493 e. The largest absolute Gasteiger partial charge is 0.493 e. The van der Waals surface area contributed by atoms with Crippen molar-refractivity contribution in [2.24, 2.45) is 5.92 Å². The number of amides is 1. The zero-order chi connectivity index (χ0) is 23.8. The summed E-state index contributed by atoms with van der Waals surface area (Å²) in [7, 11) is 4.47. The lowest BCUT2D eigenvalue weighted by molar-refractivity contribution is -0.134. The number of carbonyl (C=O) groups excluding carboxylic acids is 2. The van der Waals surface area contributed by atoms with Gasteiger partial charge in [-0.15, -0.1) is 0 Å². The second kappa shape index (κ2) is 11.2. The topological polar surface area (TPSA) is 65.1 Å². The minimum absolute atomic E-state index is 0.249. The average molecular weight is 448 g/mol. The van der Waals surface area contributed by atoms with Crippen LogP contribution in [0.25, 0.3) is 0 Å². The molecule has 0 saturated heterocycles. The fourth-order valence-electron chi connectivity index (χ4n) is 3.68. The molecule has 0 bridgehead atoms. The average Bonchev–Trinajstić information content (AvgIpc) is 2.87. The Bertz CT molecular complexity index is 1020. The van der Waals surface area contributed by atoms with Crippen molar-refractivity contribution >= 4 is 11.7 Å². The first kappa shape index (κ1) is 23.9. The second-order valence-corrected chi connectivity index (χ2v) is 7.67. The van der Waals surface area contributed by atoms with E-state index in [0.717, 1.165) is 11.1 Å². The summed E-state index contributed by atoms with van der Waals surface area (Å²) in [6, 6.07) is 22.6. The van der Waals surface area contributed by atoms with Crippen molar-refractivity contribution in [3.8, 4) is 17.2 Å². The van der Waals surface area contributed by atoms with Crippen molar-refractivity contribution in [3.05, 3.63) is 89.5 Å². The molecule has 0 aliphatic rings. The van der Waals surface area contributed by atoms with Gasteiger partial charge in [-0.1, -0.05) is 60.7 Å². The van der Waals surface area contributed by atoms with Gasteiger partial charge in [0.15, 0.2) is 17.3 Å². The van der Waals surface area contributed by atoms with E-state index in [9.17, 15) is 9.59 Å². The van der Waals surface area contributed by atoms with Gasteiger partial charge in [0.1, 0.15) is 0 Å². The molecule has 1 amide bonds. The summed E-state index contributed by atoms with van der Waals surface area (Å²) in [5.41, 5.74) is 2.31. The summed E-state index contributed by atoms with van der Waals surface area (Å²) < 4.78 is 16.1. The van der Waals surface area contributed by atoms with Crippen molar-refractivity contribution in [3.63, 3.8) is 0 Å². The monoisotopic (exact) mass is 447 g/mol. The van der Waals surface area contributed by atoms with E-state index in [1.54, 1.807) is 24.0 Å². The highest BCUT2D eigenvalue weighted by molar-refractivity contribution is 6.10. The SMILES string of the molecule is COc1cc(C(=O)[C@@H](C)C(=O)N(Cc2ccccc2)Cc2ccccc2)cc(OC)c1OC. The lowest BCUT2D eigenvalue weighted by atomic mass is 9.96. The predicted molar refractivity (Wildman–Crippen MR) is 127 cm³/mol. The van der Waals surface area contributed by atoms with Gasteiger partial charge in [0.05, 0.1) is 27.2 Å². The predicted octanol–water partition coefficient (Wildman–Crippen LogP) is 4.76. The first-order chi connectivity index (χ1) is 16.0. The van der Waals surface area contributed by atoms with E-state index in [2.05, 4.69) is 0 Å². The Morgan fingerprint density at radius 3 is 1.61 bits per heavy atom. The maximum Gasteiger partial charge on any atom is 0.233 e. The number of rotatable bonds is 10. The standard InChI is InChI=1S/C27H29NO5/c1-19(25(29)22-15-23(31-2)26(33-4)24(16-22)32-3)27(30)28(17-20-11-7-5-8-12-20)18-21-13-9-6-10-14-21/h5-16,19H,17-18H2,1-4H3/t19-/m1/s1. The van der Waals surface area contributed by atoms with E-state index >= 15 is 0 Å². The van der Waals surface area contributed by atoms with Gasteiger partial charge in [-0.3, -0.25) is 9.59 Å². The van der Waals surface area contributed by atoms with Crippen LogP contribution in [0.3, 0.4) is 0 Å². The van der Waals surface area contributed by atoms with Crippen LogP contribution in [0.5, 0.6) is 17.2 Å². The van der Waals surface area contributed by atoms with E-state index < -0.39 is 5.92 Å². The summed E-state index contributed by atoms with van der Waals surface area (Å²) in [5, 5.41) is 0. The van der Waals surface area contributed by atoms with E-state index in [4.69, 9.17) is 14.2 Å². The lowest BCUT2D eigenvalue weighted by Gasteiger charge is -2.26. The van der Waals surface area contributed by atoms with Crippen molar-refractivity contribution in [2.45, 2.75) is 20.0 Å². The highest BCUT2D eigenvalue weighted by Crippen LogP contribution is 2.38. The summed E-state index contributed by atoms with van der Waals surface area (Å²) in [5.74, 6) is -0.326. The molecule has 0 fully saturated rings. The third kappa shape index (κ3) is 5.71. The highest BCUT2D eigenvalue weighted by Gasteiger charge is 2.29. The Morgan fingerprint density at radius 2 is 1.21 bits per heavy atom. The Hall–Kier alpha value is -3.80. The Kier molecular flexibility index (Phi) is 8.08. The summed E-state index contributed by atoms with van der Waals surface area (Å²) in [6.07, 6.45) is 0. The third-order valence-corrected chi connectivity index (χ3v) is 5.46. The van der Waals surface area contributed by atoms with Crippen LogP contribution in [0.15, 0.2) is 72.8 Å². The number of carbonyl (C=O) groups is 2. The zero-order valence-electron chi connectivity index (χ0n) is 19.4. The molecule has 0 aliphatic heterocycles. The van der Waals surface area contributed by atoms with E-state index in [0.29, 0.717) is 35.9 Å². The van der Waals surface area contributed by atoms with Crippen molar-refractivity contribution in [2.75, 3.05) is 21.3 Å². The molecule has 172 valence electrons. The molecule has 3 aromatic carbocycles. The maximum absolute atomic E-state index is 13.5. The molecule has 0 spiro atoms.